The fraction of sp³-hybridized carbons (Fsp3) is 0.429. The van der Waals surface area contributed by atoms with Crippen molar-refractivity contribution in [3.63, 3.8) is 0 Å². The summed E-state index contributed by atoms with van der Waals surface area (Å²) in [5.41, 5.74) is 0.667. The topological polar surface area (TPSA) is 75.6 Å². The van der Waals surface area contributed by atoms with Crippen molar-refractivity contribution in [1.29, 1.82) is 0 Å². The highest BCUT2D eigenvalue weighted by atomic mass is 16.5. The van der Waals surface area contributed by atoms with Gasteiger partial charge in [0.15, 0.2) is 0 Å². The monoisotopic (exact) mass is 263 g/mol. The quantitative estimate of drug-likeness (QED) is 0.816. The van der Waals surface area contributed by atoms with E-state index in [9.17, 15) is 9.59 Å². The van der Waals surface area contributed by atoms with E-state index >= 15 is 0 Å². The molecule has 0 heterocycles. The minimum absolute atomic E-state index is 0.217. The number of ether oxygens (including phenoxy) is 1. The van der Waals surface area contributed by atoms with Crippen LogP contribution < -0.4 is 10.1 Å². The second kappa shape index (κ2) is 5.73. The van der Waals surface area contributed by atoms with Crippen LogP contribution in [0.4, 0.5) is 0 Å². The molecule has 5 nitrogen and oxygen atoms in total. The van der Waals surface area contributed by atoms with Crippen LogP contribution in [-0.4, -0.2) is 30.1 Å². The third-order valence-corrected chi connectivity index (χ3v) is 3.12. The van der Waals surface area contributed by atoms with E-state index in [0.717, 1.165) is 12.8 Å². The number of carbonyl (C=O) groups is 2. The first kappa shape index (κ1) is 13.4. The van der Waals surface area contributed by atoms with Crippen LogP contribution >= 0.6 is 0 Å². The summed E-state index contributed by atoms with van der Waals surface area (Å²) >= 11 is 0. The number of amides is 1. The fourth-order valence-corrected chi connectivity index (χ4v) is 1.92. The van der Waals surface area contributed by atoms with Gasteiger partial charge in [-0.2, -0.15) is 0 Å². The Morgan fingerprint density at radius 1 is 1.47 bits per heavy atom. The lowest BCUT2D eigenvalue weighted by molar-refractivity contribution is -0.139. The van der Waals surface area contributed by atoms with Crippen molar-refractivity contribution in [3.05, 3.63) is 29.8 Å². The lowest BCUT2D eigenvalue weighted by atomic mass is 9.94. The van der Waals surface area contributed by atoms with Gasteiger partial charge in [-0.25, -0.2) is 0 Å². The Labute approximate surface area is 111 Å². The van der Waals surface area contributed by atoms with Gasteiger partial charge in [0.2, 0.25) is 5.91 Å². The van der Waals surface area contributed by atoms with Crippen molar-refractivity contribution < 1.29 is 19.4 Å². The van der Waals surface area contributed by atoms with Gasteiger partial charge >= 0.3 is 5.97 Å². The number of carbonyl (C=O) groups excluding carboxylic acids is 1. The minimum Gasteiger partial charge on any atom is -0.497 e. The van der Waals surface area contributed by atoms with E-state index < -0.39 is 11.9 Å². The summed E-state index contributed by atoms with van der Waals surface area (Å²) in [6.45, 7) is 0. The molecule has 102 valence electrons. The van der Waals surface area contributed by atoms with Crippen LogP contribution in [0.1, 0.15) is 30.7 Å². The standard InChI is InChI=1S/C14H17NO4/c1-19-11-4-2-3-9(7-11)12(8-13(16)17)14(18)15-10-5-6-10/h2-4,7,10,12H,5-6,8H2,1H3,(H,15,18)(H,16,17). The molecule has 1 aliphatic rings. The SMILES string of the molecule is COc1cccc(C(CC(=O)O)C(=O)NC2CC2)c1. The number of carboxylic acid groups (broad SMARTS) is 1. The van der Waals surface area contributed by atoms with Crippen LogP contribution in [0.3, 0.4) is 0 Å². The normalized spacial score (nSPS) is 15.6. The van der Waals surface area contributed by atoms with Crippen LogP contribution in [0.25, 0.3) is 0 Å². The molecule has 0 aromatic heterocycles. The first-order chi connectivity index (χ1) is 9.10. The number of nitrogens with one attached hydrogen (secondary N) is 1. The Morgan fingerprint density at radius 2 is 2.21 bits per heavy atom. The molecule has 0 spiro atoms. The van der Waals surface area contributed by atoms with Gasteiger partial charge in [0.1, 0.15) is 5.75 Å². The highest BCUT2D eigenvalue weighted by molar-refractivity contribution is 5.88. The van der Waals surface area contributed by atoms with Gasteiger partial charge < -0.3 is 15.2 Å². The van der Waals surface area contributed by atoms with Gasteiger partial charge in [0, 0.05) is 6.04 Å². The molecule has 1 atom stereocenters. The number of methoxy groups -OCH3 is 1. The Balaban J connectivity index is 2.18. The number of benzene rings is 1. The molecule has 0 radical (unpaired) electrons. The van der Waals surface area contributed by atoms with E-state index in [1.54, 1.807) is 24.3 Å². The van der Waals surface area contributed by atoms with Crippen molar-refractivity contribution in [1.82, 2.24) is 5.32 Å². The molecule has 19 heavy (non-hydrogen) atoms. The molecule has 2 rings (SSSR count). The molecule has 0 saturated heterocycles. The second-order valence-corrected chi connectivity index (χ2v) is 4.71. The zero-order valence-corrected chi connectivity index (χ0v) is 10.8. The lowest BCUT2D eigenvalue weighted by Gasteiger charge is -2.16. The van der Waals surface area contributed by atoms with Crippen molar-refractivity contribution in [2.75, 3.05) is 7.11 Å². The third-order valence-electron chi connectivity index (χ3n) is 3.12. The van der Waals surface area contributed by atoms with Crippen molar-refractivity contribution in [2.24, 2.45) is 0 Å². The third kappa shape index (κ3) is 3.71. The molecule has 1 aromatic rings. The molecule has 2 N–H and O–H groups in total. The Hall–Kier alpha value is -2.04. The Kier molecular flexibility index (Phi) is 4.04. The summed E-state index contributed by atoms with van der Waals surface area (Å²) in [7, 11) is 1.54. The van der Waals surface area contributed by atoms with Crippen LogP contribution in [0.5, 0.6) is 5.75 Å². The molecule has 1 amide bonds. The maximum atomic E-state index is 12.1. The average molecular weight is 263 g/mol. The molecule has 1 saturated carbocycles. The van der Waals surface area contributed by atoms with Crippen LogP contribution in [0.2, 0.25) is 0 Å². The summed E-state index contributed by atoms with van der Waals surface area (Å²) in [4.78, 5) is 23.0. The van der Waals surface area contributed by atoms with Gasteiger partial charge in [-0.3, -0.25) is 9.59 Å². The molecular formula is C14H17NO4. The summed E-state index contributed by atoms with van der Waals surface area (Å²) in [6.07, 6.45) is 1.74. The molecule has 0 bridgehead atoms. The van der Waals surface area contributed by atoms with E-state index in [-0.39, 0.29) is 18.4 Å². The molecule has 1 aromatic carbocycles. The summed E-state index contributed by atoms with van der Waals surface area (Å²) in [6, 6.07) is 7.20. The first-order valence-corrected chi connectivity index (χ1v) is 6.26. The van der Waals surface area contributed by atoms with Crippen molar-refractivity contribution >= 4 is 11.9 Å². The largest absolute Gasteiger partial charge is 0.497 e. The van der Waals surface area contributed by atoms with Gasteiger partial charge in [-0.05, 0) is 30.5 Å². The van der Waals surface area contributed by atoms with Crippen molar-refractivity contribution in [3.8, 4) is 5.75 Å². The number of hydrogen-bond donors (Lipinski definition) is 2. The average Bonchev–Trinajstić information content (AvgIpc) is 3.19. The zero-order chi connectivity index (χ0) is 13.8. The van der Waals surface area contributed by atoms with E-state index in [1.165, 1.54) is 7.11 Å². The predicted molar refractivity (Wildman–Crippen MR) is 69.2 cm³/mol. The molecule has 0 aliphatic heterocycles. The Morgan fingerprint density at radius 3 is 2.79 bits per heavy atom. The number of rotatable bonds is 6. The summed E-state index contributed by atoms with van der Waals surface area (Å²) in [5.74, 6) is -1.27. The second-order valence-electron chi connectivity index (χ2n) is 4.71. The molecular weight excluding hydrogens is 246 g/mol. The maximum absolute atomic E-state index is 12.1. The Bertz CT molecular complexity index is 482. The van der Waals surface area contributed by atoms with Gasteiger partial charge in [0.25, 0.3) is 0 Å². The van der Waals surface area contributed by atoms with E-state index in [1.807, 2.05) is 0 Å². The van der Waals surface area contributed by atoms with Crippen molar-refractivity contribution in [2.45, 2.75) is 31.2 Å². The van der Waals surface area contributed by atoms with E-state index in [0.29, 0.717) is 11.3 Å². The van der Waals surface area contributed by atoms with Crippen LogP contribution in [0.15, 0.2) is 24.3 Å². The molecule has 1 unspecified atom stereocenters. The molecule has 1 fully saturated rings. The maximum Gasteiger partial charge on any atom is 0.304 e. The number of hydrogen-bond acceptors (Lipinski definition) is 3. The first-order valence-electron chi connectivity index (χ1n) is 6.26. The highest BCUT2D eigenvalue weighted by Gasteiger charge is 2.29. The van der Waals surface area contributed by atoms with Crippen LogP contribution in [-0.2, 0) is 9.59 Å². The van der Waals surface area contributed by atoms with Crippen LogP contribution in [0, 0.1) is 0 Å². The number of aliphatic carboxylic acids is 1. The van der Waals surface area contributed by atoms with Gasteiger partial charge in [-0.1, -0.05) is 12.1 Å². The number of carboxylic acids is 1. The summed E-state index contributed by atoms with van der Waals surface area (Å²) in [5, 5.41) is 11.8. The zero-order valence-electron chi connectivity index (χ0n) is 10.8. The lowest BCUT2D eigenvalue weighted by Crippen LogP contribution is -2.32. The van der Waals surface area contributed by atoms with Gasteiger partial charge in [-0.15, -0.1) is 0 Å². The molecule has 1 aliphatic carbocycles. The summed E-state index contributed by atoms with van der Waals surface area (Å²) < 4.78 is 5.10. The molecule has 5 heteroatoms. The van der Waals surface area contributed by atoms with E-state index in [4.69, 9.17) is 9.84 Å². The van der Waals surface area contributed by atoms with E-state index in [2.05, 4.69) is 5.32 Å². The predicted octanol–water partition coefficient (Wildman–Crippen LogP) is 1.53. The highest BCUT2D eigenvalue weighted by Crippen LogP contribution is 2.26. The smallest absolute Gasteiger partial charge is 0.304 e. The minimum atomic E-state index is -0.987. The van der Waals surface area contributed by atoms with Gasteiger partial charge in [0.05, 0.1) is 19.4 Å². The fourth-order valence-electron chi connectivity index (χ4n) is 1.92.